The zero-order valence-electron chi connectivity index (χ0n) is 10.8. The number of hydrogen-bond donors (Lipinski definition) is 1. The van der Waals surface area contributed by atoms with Crippen LogP contribution < -0.4 is 0 Å². The molecule has 1 aliphatic rings. The molecule has 1 aliphatic heterocycles. The summed E-state index contributed by atoms with van der Waals surface area (Å²) in [5.41, 5.74) is 0.421. The molecule has 0 aliphatic carbocycles. The molecule has 2 rings (SSSR count). The van der Waals surface area contributed by atoms with Gasteiger partial charge in [0.25, 0.3) is 0 Å². The van der Waals surface area contributed by atoms with E-state index in [0.717, 1.165) is 0 Å². The molecule has 0 spiro atoms. The van der Waals surface area contributed by atoms with Gasteiger partial charge in [0.1, 0.15) is 5.82 Å². The van der Waals surface area contributed by atoms with Crippen LogP contribution in [0.5, 0.6) is 0 Å². The Balaban J connectivity index is 2.23. The highest BCUT2D eigenvalue weighted by Crippen LogP contribution is 2.25. The predicted molar refractivity (Wildman–Crippen MR) is 69.7 cm³/mol. The number of aliphatic hydroxyl groups excluding tert-OH is 1. The second-order valence-electron chi connectivity index (χ2n) is 4.94. The van der Waals surface area contributed by atoms with Crippen molar-refractivity contribution in [2.45, 2.75) is 24.7 Å². The fourth-order valence-electron chi connectivity index (χ4n) is 2.37. The lowest BCUT2D eigenvalue weighted by molar-refractivity contribution is 0.170. The van der Waals surface area contributed by atoms with Crippen molar-refractivity contribution in [3.8, 4) is 0 Å². The molecule has 1 fully saturated rings. The third-order valence-electron chi connectivity index (χ3n) is 3.59. The first-order valence-corrected chi connectivity index (χ1v) is 7.76. The smallest absolute Gasteiger partial charge is 0.243 e. The maximum atomic E-state index is 13.0. The van der Waals surface area contributed by atoms with E-state index in [1.165, 1.54) is 22.5 Å². The number of sulfonamides is 1. The molecule has 1 aromatic rings. The maximum absolute atomic E-state index is 13.0. The molecule has 0 unspecified atom stereocenters. The standard InChI is InChI=1S/C13H18FNO3S/c1-10-8-12(14)2-3-13(10)19(17,18)15-6-4-11(9-16)5-7-15/h2-3,8,11,16H,4-7,9H2,1H3. The SMILES string of the molecule is Cc1cc(F)ccc1S(=O)(=O)N1CCC(CO)CC1. The van der Waals surface area contributed by atoms with E-state index in [1.54, 1.807) is 6.92 Å². The lowest BCUT2D eigenvalue weighted by atomic mass is 10.00. The Kier molecular flexibility index (Phi) is 4.23. The Morgan fingerprint density at radius 2 is 2.00 bits per heavy atom. The largest absolute Gasteiger partial charge is 0.396 e. The van der Waals surface area contributed by atoms with E-state index in [0.29, 0.717) is 31.5 Å². The highest BCUT2D eigenvalue weighted by Gasteiger charge is 2.30. The molecule has 1 aromatic carbocycles. The molecule has 1 N–H and O–H groups in total. The van der Waals surface area contributed by atoms with Gasteiger partial charge in [-0.1, -0.05) is 0 Å². The van der Waals surface area contributed by atoms with Crippen LogP contribution in [0.4, 0.5) is 4.39 Å². The molecule has 19 heavy (non-hydrogen) atoms. The monoisotopic (exact) mass is 287 g/mol. The van der Waals surface area contributed by atoms with Crippen LogP contribution in [0.25, 0.3) is 0 Å². The Bertz CT molecular complexity index is 551. The average Bonchev–Trinajstić information content (AvgIpc) is 2.38. The minimum absolute atomic E-state index is 0.101. The van der Waals surface area contributed by atoms with E-state index >= 15 is 0 Å². The number of nitrogens with zero attached hydrogens (tertiary/aromatic N) is 1. The number of aryl methyl sites for hydroxylation is 1. The fraction of sp³-hybridized carbons (Fsp3) is 0.538. The highest BCUT2D eigenvalue weighted by atomic mass is 32.2. The maximum Gasteiger partial charge on any atom is 0.243 e. The molecule has 0 radical (unpaired) electrons. The van der Waals surface area contributed by atoms with Crippen LogP contribution >= 0.6 is 0 Å². The minimum atomic E-state index is -3.56. The molecule has 4 nitrogen and oxygen atoms in total. The molecule has 1 saturated heterocycles. The average molecular weight is 287 g/mol. The van der Waals surface area contributed by atoms with Crippen LogP contribution in [0.3, 0.4) is 0 Å². The molecule has 0 bridgehead atoms. The Labute approximate surface area is 112 Å². The second-order valence-corrected chi connectivity index (χ2v) is 6.85. The second kappa shape index (κ2) is 5.56. The summed E-state index contributed by atoms with van der Waals surface area (Å²) in [5.74, 6) is -0.254. The van der Waals surface area contributed by atoms with Gasteiger partial charge in [0, 0.05) is 19.7 Å². The number of aliphatic hydroxyl groups is 1. The number of benzene rings is 1. The molecular weight excluding hydrogens is 269 g/mol. The van der Waals surface area contributed by atoms with E-state index in [4.69, 9.17) is 5.11 Å². The van der Waals surface area contributed by atoms with Crippen molar-refractivity contribution in [2.75, 3.05) is 19.7 Å². The summed E-state index contributed by atoms with van der Waals surface area (Å²) in [6.45, 7) is 2.51. The summed E-state index contributed by atoms with van der Waals surface area (Å²) in [6, 6.07) is 3.71. The van der Waals surface area contributed by atoms with Crippen molar-refractivity contribution in [1.29, 1.82) is 0 Å². The first-order chi connectivity index (χ1) is 8.95. The number of halogens is 1. The van der Waals surface area contributed by atoms with Crippen molar-refractivity contribution < 1.29 is 17.9 Å². The van der Waals surface area contributed by atoms with Gasteiger partial charge in [0.05, 0.1) is 4.90 Å². The van der Waals surface area contributed by atoms with Crippen molar-refractivity contribution >= 4 is 10.0 Å². The number of piperidine rings is 1. The molecule has 0 atom stereocenters. The van der Waals surface area contributed by atoms with Crippen LogP contribution in [0.15, 0.2) is 23.1 Å². The molecular formula is C13H18FNO3S. The summed E-state index contributed by atoms with van der Waals surface area (Å²) in [7, 11) is -3.56. The topological polar surface area (TPSA) is 57.6 Å². The molecule has 0 amide bonds. The number of hydrogen-bond acceptors (Lipinski definition) is 3. The molecule has 0 saturated carbocycles. The van der Waals surface area contributed by atoms with Gasteiger partial charge < -0.3 is 5.11 Å². The van der Waals surface area contributed by atoms with Crippen LogP contribution in [0.1, 0.15) is 18.4 Å². The van der Waals surface area contributed by atoms with Gasteiger partial charge in [-0.3, -0.25) is 0 Å². The van der Waals surface area contributed by atoms with Crippen LogP contribution in [-0.4, -0.2) is 37.5 Å². The first kappa shape index (κ1) is 14.4. The van der Waals surface area contributed by atoms with Crippen LogP contribution in [0, 0.1) is 18.7 Å². The first-order valence-electron chi connectivity index (χ1n) is 6.32. The molecule has 1 heterocycles. The van der Waals surface area contributed by atoms with Crippen molar-refractivity contribution in [1.82, 2.24) is 4.31 Å². The quantitative estimate of drug-likeness (QED) is 0.917. The van der Waals surface area contributed by atoms with Crippen molar-refractivity contribution in [3.05, 3.63) is 29.6 Å². The van der Waals surface area contributed by atoms with Crippen LogP contribution in [-0.2, 0) is 10.0 Å². The lowest BCUT2D eigenvalue weighted by Gasteiger charge is -2.30. The van der Waals surface area contributed by atoms with Gasteiger partial charge in [-0.25, -0.2) is 12.8 Å². The summed E-state index contributed by atoms with van der Waals surface area (Å²) < 4.78 is 39.4. The van der Waals surface area contributed by atoms with Crippen molar-refractivity contribution in [3.63, 3.8) is 0 Å². The van der Waals surface area contributed by atoms with E-state index in [1.807, 2.05) is 0 Å². The summed E-state index contributed by atoms with van der Waals surface area (Å²) in [6.07, 6.45) is 1.33. The Hall–Kier alpha value is -0.980. The zero-order valence-corrected chi connectivity index (χ0v) is 11.7. The van der Waals surface area contributed by atoms with E-state index < -0.39 is 15.8 Å². The van der Waals surface area contributed by atoms with Gasteiger partial charge in [-0.15, -0.1) is 0 Å². The normalized spacial score (nSPS) is 18.7. The molecule has 106 valence electrons. The minimum Gasteiger partial charge on any atom is -0.396 e. The summed E-state index contributed by atoms with van der Waals surface area (Å²) in [5, 5.41) is 9.06. The van der Waals surface area contributed by atoms with Gasteiger partial charge in [-0.2, -0.15) is 4.31 Å². The number of rotatable bonds is 3. The van der Waals surface area contributed by atoms with E-state index in [9.17, 15) is 12.8 Å². The lowest BCUT2D eigenvalue weighted by Crippen LogP contribution is -2.39. The fourth-order valence-corrected chi connectivity index (χ4v) is 4.05. The summed E-state index contributed by atoms with van der Waals surface area (Å²) >= 11 is 0. The van der Waals surface area contributed by atoms with Gasteiger partial charge >= 0.3 is 0 Å². The van der Waals surface area contributed by atoms with E-state index in [2.05, 4.69) is 0 Å². The zero-order chi connectivity index (χ0) is 14.0. The molecule has 6 heteroatoms. The predicted octanol–water partition coefficient (Wildman–Crippen LogP) is 1.53. The summed E-state index contributed by atoms with van der Waals surface area (Å²) in [4.78, 5) is 0.163. The van der Waals surface area contributed by atoms with Crippen molar-refractivity contribution in [2.24, 2.45) is 5.92 Å². The Morgan fingerprint density at radius 3 is 2.53 bits per heavy atom. The Morgan fingerprint density at radius 1 is 1.37 bits per heavy atom. The van der Waals surface area contributed by atoms with Crippen LogP contribution in [0.2, 0.25) is 0 Å². The van der Waals surface area contributed by atoms with Gasteiger partial charge in [0.2, 0.25) is 10.0 Å². The van der Waals surface area contributed by atoms with Gasteiger partial charge in [0.15, 0.2) is 0 Å². The molecule has 0 aromatic heterocycles. The van der Waals surface area contributed by atoms with Gasteiger partial charge in [-0.05, 0) is 49.4 Å². The van der Waals surface area contributed by atoms with E-state index in [-0.39, 0.29) is 17.4 Å². The third-order valence-corrected chi connectivity index (χ3v) is 5.65. The third kappa shape index (κ3) is 2.96. The highest BCUT2D eigenvalue weighted by molar-refractivity contribution is 7.89.